The third kappa shape index (κ3) is 2.84. The molecule has 0 fully saturated rings. The van der Waals surface area contributed by atoms with Crippen LogP contribution >= 0.6 is 11.6 Å². The van der Waals surface area contributed by atoms with Crippen LogP contribution in [-0.2, 0) is 6.54 Å². The number of hydrogen-bond donors (Lipinski definition) is 1. The minimum absolute atomic E-state index is 0.526. The molecule has 2 rings (SSSR count). The second-order valence-electron chi connectivity index (χ2n) is 3.75. The molecule has 0 bridgehead atoms. The van der Waals surface area contributed by atoms with Crippen molar-refractivity contribution in [2.24, 2.45) is 0 Å². The zero-order valence-electron chi connectivity index (χ0n) is 9.83. The van der Waals surface area contributed by atoms with Gasteiger partial charge in [0.2, 0.25) is 11.8 Å². The van der Waals surface area contributed by atoms with Crippen LogP contribution < -0.4 is 5.32 Å². The van der Waals surface area contributed by atoms with Gasteiger partial charge in [-0.3, -0.25) is 0 Å². The molecule has 0 saturated heterocycles. The van der Waals surface area contributed by atoms with Crippen molar-refractivity contribution < 1.29 is 4.42 Å². The quantitative estimate of drug-likeness (QED) is 0.908. The van der Waals surface area contributed by atoms with E-state index in [1.54, 1.807) is 0 Å². The van der Waals surface area contributed by atoms with Crippen molar-refractivity contribution in [2.75, 3.05) is 6.54 Å². The van der Waals surface area contributed by atoms with E-state index in [1.165, 1.54) is 0 Å². The summed E-state index contributed by atoms with van der Waals surface area (Å²) in [5.41, 5.74) is 1.89. The van der Waals surface area contributed by atoms with Crippen molar-refractivity contribution in [3.63, 3.8) is 0 Å². The number of rotatable bonds is 4. The molecule has 1 N–H and O–H groups in total. The molecule has 1 heterocycles. The molecule has 0 aliphatic rings. The molecule has 0 saturated carbocycles. The van der Waals surface area contributed by atoms with Gasteiger partial charge in [-0.15, -0.1) is 10.2 Å². The number of aryl methyl sites for hydroxylation is 1. The molecule has 0 aliphatic heterocycles. The third-order valence-electron chi connectivity index (χ3n) is 2.40. The first-order valence-corrected chi connectivity index (χ1v) is 5.88. The normalized spacial score (nSPS) is 10.8. The fraction of sp³-hybridized carbons (Fsp3) is 0.333. The highest BCUT2D eigenvalue weighted by Crippen LogP contribution is 2.23. The summed E-state index contributed by atoms with van der Waals surface area (Å²) in [7, 11) is 0. The van der Waals surface area contributed by atoms with Gasteiger partial charge in [0.15, 0.2) is 0 Å². The second-order valence-corrected chi connectivity index (χ2v) is 4.15. The topological polar surface area (TPSA) is 51.0 Å². The van der Waals surface area contributed by atoms with E-state index in [-0.39, 0.29) is 0 Å². The Hall–Kier alpha value is -1.39. The molecule has 0 amide bonds. The summed E-state index contributed by atoms with van der Waals surface area (Å²) >= 11 is 5.97. The van der Waals surface area contributed by atoms with E-state index in [2.05, 4.69) is 15.5 Å². The van der Waals surface area contributed by atoms with Gasteiger partial charge in [0.25, 0.3) is 0 Å². The van der Waals surface area contributed by atoms with E-state index < -0.39 is 0 Å². The summed E-state index contributed by atoms with van der Waals surface area (Å²) in [6.07, 6.45) is 0. The lowest BCUT2D eigenvalue weighted by molar-refractivity contribution is 0.482. The first kappa shape index (κ1) is 12.1. The van der Waals surface area contributed by atoms with Crippen molar-refractivity contribution in [2.45, 2.75) is 20.4 Å². The van der Waals surface area contributed by atoms with Crippen LogP contribution in [0.25, 0.3) is 11.5 Å². The first-order valence-electron chi connectivity index (χ1n) is 5.50. The largest absolute Gasteiger partial charge is 0.419 e. The summed E-state index contributed by atoms with van der Waals surface area (Å²) in [6.45, 7) is 5.44. The van der Waals surface area contributed by atoms with Crippen LogP contribution in [0.2, 0.25) is 5.02 Å². The Labute approximate surface area is 105 Å². The van der Waals surface area contributed by atoms with Crippen molar-refractivity contribution in [1.29, 1.82) is 0 Å². The number of aromatic nitrogens is 2. The molecule has 0 spiro atoms. The molecular formula is C12H14ClN3O. The highest BCUT2D eigenvalue weighted by Gasteiger charge is 2.08. The molecule has 90 valence electrons. The smallest absolute Gasteiger partial charge is 0.247 e. The van der Waals surface area contributed by atoms with E-state index in [0.29, 0.717) is 18.3 Å². The number of nitrogens with one attached hydrogen (secondary N) is 1. The number of benzene rings is 1. The summed E-state index contributed by atoms with van der Waals surface area (Å²) in [5.74, 6) is 1.12. The van der Waals surface area contributed by atoms with Gasteiger partial charge in [-0.1, -0.05) is 18.5 Å². The van der Waals surface area contributed by atoms with Crippen LogP contribution in [0.5, 0.6) is 0 Å². The van der Waals surface area contributed by atoms with Gasteiger partial charge in [-0.25, -0.2) is 0 Å². The molecule has 0 radical (unpaired) electrons. The average molecular weight is 252 g/mol. The Bertz CT molecular complexity index is 510. The third-order valence-corrected chi connectivity index (χ3v) is 2.82. The highest BCUT2D eigenvalue weighted by atomic mass is 35.5. The van der Waals surface area contributed by atoms with Gasteiger partial charge in [0, 0.05) is 10.6 Å². The maximum atomic E-state index is 5.97. The van der Waals surface area contributed by atoms with Crippen molar-refractivity contribution in [3.8, 4) is 11.5 Å². The number of nitrogens with zero attached hydrogens (tertiary/aromatic N) is 2. The van der Waals surface area contributed by atoms with E-state index in [4.69, 9.17) is 16.0 Å². The zero-order valence-corrected chi connectivity index (χ0v) is 10.6. The van der Waals surface area contributed by atoms with Crippen LogP contribution in [0.15, 0.2) is 22.6 Å². The van der Waals surface area contributed by atoms with Crippen LogP contribution in [0.1, 0.15) is 18.4 Å². The van der Waals surface area contributed by atoms with Gasteiger partial charge >= 0.3 is 0 Å². The molecule has 1 aromatic heterocycles. The SMILES string of the molecule is CCNCc1nnc(-c2ccc(Cl)c(C)c2)o1. The maximum absolute atomic E-state index is 5.97. The lowest BCUT2D eigenvalue weighted by atomic mass is 10.1. The van der Waals surface area contributed by atoms with Gasteiger partial charge in [0.05, 0.1) is 6.54 Å². The molecule has 2 aromatic rings. The predicted octanol–water partition coefficient (Wildman–Crippen LogP) is 2.81. The molecule has 0 aliphatic carbocycles. The van der Waals surface area contributed by atoms with E-state index >= 15 is 0 Å². The monoisotopic (exact) mass is 251 g/mol. The molecule has 0 atom stereocenters. The van der Waals surface area contributed by atoms with Crippen molar-refractivity contribution >= 4 is 11.6 Å². The van der Waals surface area contributed by atoms with Crippen LogP contribution in [0, 0.1) is 6.92 Å². The Morgan fingerprint density at radius 2 is 2.18 bits per heavy atom. The Morgan fingerprint density at radius 1 is 1.35 bits per heavy atom. The summed E-state index contributed by atoms with van der Waals surface area (Å²) in [5, 5.41) is 11.9. The van der Waals surface area contributed by atoms with E-state index in [9.17, 15) is 0 Å². The Morgan fingerprint density at radius 3 is 2.88 bits per heavy atom. The summed E-state index contributed by atoms with van der Waals surface area (Å²) in [6, 6.07) is 5.65. The van der Waals surface area contributed by atoms with Crippen LogP contribution in [0.3, 0.4) is 0 Å². The molecule has 0 unspecified atom stereocenters. The summed E-state index contributed by atoms with van der Waals surface area (Å²) in [4.78, 5) is 0. The molecular weight excluding hydrogens is 238 g/mol. The van der Waals surface area contributed by atoms with Crippen LogP contribution in [-0.4, -0.2) is 16.7 Å². The minimum Gasteiger partial charge on any atom is -0.419 e. The highest BCUT2D eigenvalue weighted by molar-refractivity contribution is 6.31. The van der Waals surface area contributed by atoms with E-state index in [0.717, 1.165) is 22.7 Å². The zero-order chi connectivity index (χ0) is 12.3. The molecule has 4 nitrogen and oxygen atoms in total. The number of halogens is 1. The Kier molecular flexibility index (Phi) is 3.76. The van der Waals surface area contributed by atoms with Crippen molar-refractivity contribution in [3.05, 3.63) is 34.7 Å². The van der Waals surface area contributed by atoms with Crippen LogP contribution in [0.4, 0.5) is 0 Å². The van der Waals surface area contributed by atoms with Crippen molar-refractivity contribution in [1.82, 2.24) is 15.5 Å². The fourth-order valence-electron chi connectivity index (χ4n) is 1.45. The fourth-order valence-corrected chi connectivity index (χ4v) is 1.57. The Balaban J connectivity index is 2.21. The predicted molar refractivity (Wildman–Crippen MR) is 66.9 cm³/mol. The van der Waals surface area contributed by atoms with E-state index in [1.807, 2.05) is 32.0 Å². The molecule has 5 heteroatoms. The van der Waals surface area contributed by atoms with Gasteiger partial charge in [-0.2, -0.15) is 0 Å². The number of hydrogen-bond acceptors (Lipinski definition) is 4. The van der Waals surface area contributed by atoms with Gasteiger partial charge in [-0.05, 0) is 37.2 Å². The molecule has 1 aromatic carbocycles. The lowest BCUT2D eigenvalue weighted by Gasteiger charge is -1.99. The lowest BCUT2D eigenvalue weighted by Crippen LogP contribution is -2.11. The standard InChI is InChI=1S/C12H14ClN3O/c1-3-14-7-11-15-16-12(17-11)9-4-5-10(13)8(2)6-9/h4-6,14H,3,7H2,1-2H3. The van der Waals surface area contributed by atoms with Gasteiger partial charge in [0.1, 0.15) is 0 Å². The maximum Gasteiger partial charge on any atom is 0.247 e. The summed E-state index contributed by atoms with van der Waals surface area (Å²) < 4.78 is 5.54. The second kappa shape index (κ2) is 5.29. The molecule has 17 heavy (non-hydrogen) atoms. The minimum atomic E-state index is 0.526. The van der Waals surface area contributed by atoms with Gasteiger partial charge < -0.3 is 9.73 Å². The average Bonchev–Trinajstić information content (AvgIpc) is 2.79. The first-order chi connectivity index (χ1) is 8.20.